The number of aromatic nitrogens is 6. The fourth-order valence-corrected chi connectivity index (χ4v) is 14.7. The molecule has 0 atom stereocenters. The third-order valence-electron chi connectivity index (χ3n) is 20.2. The van der Waals surface area contributed by atoms with Crippen molar-refractivity contribution in [1.82, 2.24) is 44.6 Å². The first kappa shape index (κ1) is 79.1. The van der Waals surface area contributed by atoms with Crippen LogP contribution in [0.2, 0.25) is 0 Å². The van der Waals surface area contributed by atoms with Gasteiger partial charge < -0.3 is 40.0 Å². The van der Waals surface area contributed by atoms with Crippen LogP contribution in [-0.4, -0.2) is 158 Å². The van der Waals surface area contributed by atoms with E-state index in [4.69, 9.17) is 9.97 Å². The number of nitrogens with one attached hydrogen (secondary N) is 2. The highest BCUT2D eigenvalue weighted by molar-refractivity contribution is 7.08. The highest BCUT2D eigenvalue weighted by atomic mass is 32.1. The molecular weight excluding hydrogens is 1450 g/mol. The second kappa shape index (κ2) is 38.3. The van der Waals surface area contributed by atoms with Gasteiger partial charge in [-0.25, -0.2) is 34.3 Å². The van der Waals surface area contributed by atoms with Crippen LogP contribution in [0.5, 0.6) is 0 Å². The van der Waals surface area contributed by atoms with Crippen LogP contribution in [0.1, 0.15) is 81.7 Å². The van der Waals surface area contributed by atoms with E-state index in [1.165, 1.54) is 24.7 Å². The Bertz CT molecular complexity index is 5260. The van der Waals surface area contributed by atoms with Crippen molar-refractivity contribution in [3.63, 3.8) is 0 Å². The van der Waals surface area contributed by atoms with Gasteiger partial charge in [-0.2, -0.15) is 11.3 Å². The highest BCUT2D eigenvalue weighted by Crippen LogP contribution is 2.28. The Kier molecular flexibility index (Phi) is 26.6. The molecule has 8 aromatic carbocycles. The van der Waals surface area contributed by atoms with E-state index < -0.39 is 0 Å². The Hall–Kier alpha value is -13.0. The highest BCUT2D eigenvalue weighted by Gasteiger charge is 2.26. The van der Waals surface area contributed by atoms with Gasteiger partial charge in [0.15, 0.2) is 0 Å². The van der Waals surface area contributed by atoms with Crippen LogP contribution >= 0.6 is 11.3 Å². The van der Waals surface area contributed by atoms with Crippen molar-refractivity contribution in [1.29, 1.82) is 0 Å². The largest absolute Gasteiger partial charge is 0.368 e. The smallest absolute Gasteiger partial charge is 0.254 e. The minimum atomic E-state index is -0.315. The monoisotopic (exact) mass is 1540 g/mol. The van der Waals surface area contributed by atoms with Crippen molar-refractivity contribution in [3.8, 4) is 33.8 Å². The molecule has 0 radical (unpaired) electrons. The molecule has 3 saturated heterocycles. The third kappa shape index (κ3) is 22.2. The Labute approximate surface area is 668 Å². The van der Waals surface area contributed by atoms with Crippen molar-refractivity contribution >= 4 is 80.9 Å². The standard InChI is InChI=1S/C32H31FN4O2.C31H32N6O2.C29H28N4O2S/c1-23(38)19-24-5-9-27(10-6-24)30-13-14-34-31(35-30)21-25-7-11-29(12-8-25)36-15-17-37(18-16-36)32(39)22-26-3-2-4-28(33)20-26;1-22-5-3-4-6-25(22)21-30(39)37-19-17-36(18-20-37)28-13-11-27(12-14-28)34-31-32-16-15-29(35-31)24-7-9-26(10-8-24)33-23(2)38;1-21(34)18-22-2-6-24(7-3-22)27-10-12-30-28(31-27)19-23-4-8-26(9-5-23)32-13-15-33(16-14-32)29(35)25-11-17-36-20-25/h2-14,20H,15-19,21-22H2,1H3;3-16H,17-21H2,1-2H3,(H,33,38)(H,32,34,35);2-12,17,20H,13-16,18-19H2,1H3. The second-order valence-electron chi connectivity index (χ2n) is 28.7. The number of benzene rings is 8. The van der Waals surface area contributed by atoms with Gasteiger partial charge in [-0.15, -0.1) is 0 Å². The van der Waals surface area contributed by atoms with Crippen molar-refractivity contribution < 1.29 is 33.2 Å². The van der Waals surface area contributed by atoms with Crippen LogP contribution in [0, 0.1) is 12.7 Å². The van der Waals surface area contributed by atoms with Crippen LogP contribution in [0.25, 0.3) is 33.8 Å². The van der Waals surface area contributed by atoms with E-state index >= 15 is 0 Å². The first-order valence-electron chi connectivity index (χ1n) is 38.4. The molecule has 0 aliphatic carbocycles. The lowest BCUT2D eigenvalue weighted by molar-refractivity contribution is -0.131. The number of amides is 4. The SMILES string of the molecule is CC(=O)Cc1ccc(-c2ccnc(Cc3ccc(N4CCN(C(=O)Cc5cccc(F)c5)CC4)cc3)n2)cc1.CC(=O)Cc1ccc(-c2ccnc(Cc3ccc(N4CCN(C(=O)c5ccsc5)CC4)cc3)n2)cc1.CC(=O)Nc1ccc(-c2ccnc(Nc3ccc(N4CCN(C(=O)Cc5ccccc5C)CC4)cc3)n2)cc1. The van der Waals surface area contributed by atoms with Gasteiger partial charge in [-0.1, -0.05) is 121 Å². The number of aryl methyl sites for hydroxylation is 1. The lowest BCUT2D eigenvalue weighted by Gasteiger charge is -2.36. The van der Waals surface area contributed by atoms with Crippen molar-refractivity contribution in [3.05, 3.63) is 310 Å². The molecule has 12 aromatic rings. The number of Topliss-reactive ketones (excluding diaryl/α,β-unsaturated/α-hetero) is 2. The van der Waals surface area contributed by atoms with Crippen LogP contribution in [-0.2, 0) is 62.5 Å². The minimum absolute atomic E-state index is 0.0323. The Morgan fingerprint density at radius 2 is 0.851 bits per heavy atom. The quantitative estimate of drug-likeness (QED) is 0.0644. The van der Waals surface area contributed by atoms with E-state index in [0.717, 1.165) is 173 Å². The Morgan fingerprint density at radius 3 is 1.32 bits per heavy atom. The van der Waals surface area contributed by atoms with E-state index in [9.17, 15) is 33.2 Å². The zero-order valence-electron chi connectivity index (χ0n) is 64.5. The van der Waals surface area contributed by atoms with Crippen LogP contribution in [0.15, 0.2) is 248 Å². The Balaban J connectivity index is 0.000000149. The predicted molar refractivity (Wildman–Crippen MR) is 449 cm³/mol. The lowest BCUT2D eigenvalue weighted by Crippen LogP contribution is -2.49. The molecule has 2 N–H and O–H groups in total. The number of rotatable bonds is 22. The molecule has 0 bridgehead atoms. The van der Waals surface area contributed by atoms with Crippen LogP contribution in [0.3, 0.4) is 0 Å². The summed E-state index contributed by atoms with van der Waals surface area (Å²) < 4.78 is 13.4. The normalized spacial score (nSPS) is 13.4. The maximum Gasteiger partial charge on any atom is 0.254 e. The summed E-state index contributed by atoms with van der Waals surface area (Å²) in [6.07, 6.45) is 8.15. The first-order chi connectivity index (χ1) is 55.4. The number of halogens is 1. The molecule has 4 aromatic heterocycles. The van der Waals surface area contributed by atoms with Gasteiger partial charge in [0.25, 0.3) is 5.91 Å². The molecule has 578 valence electrons. The summed E-state index contributed by atoms with van der Waals surface area (Å²) in [6.45, 7) is 15.7. The summed E-state index contributed by atoms with van der Waals surface area (Å²) in [7, 11) is 0. The summed E-state index contributed by atoms with van der Waals surface area (Å²) in [5.41, 5.74) is 18.5. The molecule has 3 aliphatic heterocycles. The van der Waals surface area contributed by atoms with Gasteiger partial charge in [0.1, 0.15) is 29.0 Å². The number of hydrogen-bond acceptors (Lipinski definition) is 17. The summed E-state index contributed by atoms with van der Waals surface area (Å²) in [6, 6.07) is 70.5. The average molecular weight is 1540 g/mol. The Morgan fingerprint density at radius 1 is 0.412 bits per heavy atom. The fraction of sp³-hybridized carbons (Fsp3) is 0.239. The summed E-state index contributed by atoms with van der Waals surface area (Å²) in [5, 5.41) is 9.91. The van der Waals surface area contributed by atoms with Crippen LogP contribution < -0.4 is 25.3 Å². The second-order valence-corrected chi connectivity index (χ2v) is 29.5. The molecule has 15 rings (SSSR count). The van der Waals surface area contributed by atoms with Gasteiger partial charge in [0.05, 0.1) is 35.5 Å². The number of carbonyl (C=O) groups is 6. The maximum atomic E-state index is 13.4. The van der Waals surface area contributed by atoms with Crippen molar-refractivity contribution in [2.24, 2.45) is 0 Å². The summed E-state index contributed by atoms with van der Waals surface area (Å²) in [5.74, 6) is 2.26. The number of ketones is 2. The molecule has 0 unspecified atom stereocenters. The molecule has 20 nitrogen and oxygen atoms in total. The van der Waals surface area contributed by atoms with Gasteiger partial charge >= 0.3 is 0 Å². The molecule has 3 fully saturated rings. The molecule has 0 saturated carbocycles. The minimum Gasteiger partial charge on any atom is -0.368 e. The van der Waals surface area contributed by atoms with Gasteiger partial charge in [0.2, 0.25) is 23.7 Å². The zero-order chi connectivity index (χ0) is 79.3. The van der Waals surface area contributed by atoms with Crippen molar-refractivity contribution in [2.45, 2.75) is 66.2 Å². The summed E-state index contributed by atoms with van der Waals surface area (Å²) in [4.78, 5) is 112. The number of piperazine rings is 3. The molecule has 4 amide bonds. The number of anilines is 6. The van der Waals surface area contributed by atoms with Gasteiger partial charge in [-0.3, -0.25) is 28.8 Å². The van der Waals surface area contributed by atoms with E-state index in [0.29, 0.717) is 56.7 Å². The number of hydrogen-bond donors (Lipinski definition) is 2. The average Bonchev–Trinajstić information content (AvgIpc) is 1.03. The number of nitrogens with zero attached hydrogens (tertiary/aromatic N) is 12. The topological polar surface area (TPSA) is 223 Å². The molecular formula is C92H91FN14O6S. The third-order valence-corrected chi connectivity index (χ3v) is 20.9. The maximum absolute atomic E-state index is 13.4. The molecule has 3 aliphatic rings. The first-order valence-corrected chi connectivity index (χ1v) is 39.3. The predicted octanol–water partition coefficient (Wildman–Crippen LogP) is 14.8. The number of carbonyl (C=O) groups excluding carboxylic acids is 6. The van der Waals surface area contributed by atoms with Gasteiger partial charge in [0, 0.05) is 180 Å². The van der Waals surface area contributed by atoms with Crippen LogP contribution in [0.4, 0.5) is 38.8 Å². The molecule has 7 heterocycles. The lowest BCUT2D eigenvalue weighted by atomic mass is 10.1. The number of thiophene rings is 1. The van der Waals surface area contributed by atoms with E-state index in [1.807, 2.05) is 153 Å². The zero-order valence-corrected chi connectivity index (χ0v) is 65.3. The molecule has 0 spiro atoms. The van der Waals surface area contributed by atoms with E-state index in [1.54, 1.807) is 55.9 Å². The van der Waals surface area contributed by atoms with Crippen molar-refractivity contribution in [2.75, 3.05) is 104 Å². The summed E-state index contributed by atoms with van der Waals surface area (Å²) >= 11 is 1.56. The van der Waals surface area contributed by atoms with E-state index in [-0.39, 0.29) is 47.4 Å². The van der Waals surface area contributed by atoms with E-state index in [2.05, 4.69) is 119 Å². The fourth-order valence-electron chi connectivity index (χ4n) is 14.0. The molecule has 114 heavy (non-hydrogen) atoms. The molecule has 22 heteroatoms. The van der Waals surface area contributed by atoms with Gasteiger partial charge in [-0.05, 0) is 162 Å².